The van der Waals surface area contributed by atoms with Crippen LogP contribution in [0.3, 0.4) is 0 Å². The van der Waals surface area contributed by atoms with Crippen molar-refractivity contribution >= 4 is 0 Å². The van der Waals surface area contributed by atoms with Crippen LogP contribution in [0, 0.1) is 0 Å². The summed E-state index contributed by atoms with van der Waals surface area (Å²) in [6.45, 7) is 4.97. The predicted molar refractivity (Wildman–Crippen MR) is 69.3 cm³/mol. The number of aromatic nitrogens is 2. The normalized spacial score (nSPS) is 20.4. The van der Waals surface area contributed by atoms with Gasteiger partial charge >= 0.3 is 0 Å². The molecule has 0 fully saturated rings. The number of ether oxygens (including phenoxy) is 1. The largest absolute Gasteiger partial charge is 0.486 e. The summed E-state index contributed by atoms with van der Waals surface area (Å²) >= 11 is 0. The standard InChI is InChI=1S/C14H17N3O/c1-14(2)13(15-9-10-7-8-16-17-10)11-5-3-4-6-12(11)18-14/h3-8,13,15H,9H2,1-2H3,(H,16,17). The van der Waals surface area contributed by atoms with Crippen molar-refractivity contribution in [3.05, 3.63) is 47.8 Å². The molecule has 1 atom stereocenters. The van der Waals surface area contributed by atoms with Gasteiger partial charge in [-0.2, -0.15) is 5.10 Å². The summed E-state index contributed by atoms with van der Waals surface area (Å²) in [5.41, 5.74) is 2.07. The van der Waals surface area contributed by atoms with Gasteiger partial charge in [0.1, 0.15) is 11.4 Å². The lowest BCUT2D eigenvalue weighted by Crippen LogP contribution is -2.38. The average molecular weight is 243 g/mol. The topological polar surface area (TPSA) is 49.9 Å². The fraction of sp³-hybridized carbons (Fsp3) is 0.357. The molecule has 0 radical (unpaired) electrons. The smallest absolute Gasteiger partial charge is 0.125 e. The molecule has 2 heterocycles. The molecule has 3 rings (SSSR count). The van der Waals surface area contributed by atoms with E-state index >= 15 is 0 Å². The molecule has 4 nitrogen and oxygen atoms in total. The van der Waals surface area contributed by atoms with Gasteiger partial charge in [0.05, 0.1) is 6.04 Å². The Morgan fingerprint density at radius 3 is 2.94 bits per heavy atom. The van der Waals surface area contributed by atoms with E-state index in [4.69, 9.17) is 4.74 Å². The Morgan fingerprint density at radius 1 is 1.33 bits per heavy atom. The number of H-pyrrole nitrogens is 1. The molecular weight excluding hydrogens is 226 g/mol. The molecule has 2 aromatic rings. The van der Waals surface area contributed by atoms with Gasteiger partial charge < -0.3 is 10.1 Å². The number of hydrogen-bond acceptors (Lipinski definition) is 3. The van der Waals surface area contributed by atoms with E-state index in [2.05, 4.69) is 41.5 Å². The van der Waals surface area contributed by atoms with Gasteiger partial charge in [0.25, 0.3) is 0 Å². The summed E-state index contributed by atoms with van der Waals surface area (Å²) in [6, 6.07) is 10.4. The highest BCUT2D eigenvalue weighted by Gasteiger charge is 2.40. The molecule has 1 unspecified atom stereocenters. The average Bonchev–Trinajstić information content (AvgIpc) is 2.91. The van der Waals surface area contributed by atoms with E-state index in [0.29, 0.717) is 0 Å². The van der Waals surface area contributed by atoms with Gasteiger partial charge in [-0.3, -0.25) is 5.10 Å². The van der Waals surface area contributed by atoms with E-state index in [1.807, 2.05) is 18.2 Å². The van der Waals surface area contributed by atoms with Crippen molar-refractivity contribution in [2.75, 3.05) is 0 Å². The van der Waals surface area contributed by atoms with Crippen LogP contribution in [0.5, 0.6) is 5.75 Å². The van der Waals surface area contributed by atoms with E-state index in [-0.39, 0.29) is 11.6 Å². The molecule has 0 saturated carbocycles. The van der Waals surface area contributed by atoms with E-state index in [9.17, 15) is 0 Å². The Balaban J connectivity index is 1.81. The maximum Gasteiger partial charge on any atom is 0.125 e. The van der Waals surface area contributed by atoms with Crippen molar-refractivity contribution in [3.8, 4) is 5.75 Å². The molecule has 1 aromatic heterocycles. The Labute approximate surface area is 106 Å². The Kier molecular flexibility index (Phi) is 2.59. The molecule has 1 aliphatic rings. The fourth-order valence-corrected chi connectivity index (χ4v) is 2.48. The first-order valence-electron chi connectivity index (χ1n) is 6.16. The first-order chi connectivity index (χ1) is 8.67. The fourth-order valence-electron chi connectivity index (χ4n) is 2.48. The number of para-hydroxylation sites is 1. The van der Waals surface area contributed by atoms with E-state index < -0.39 is 0 Å². The second-order valence-corrected chi connectivity index (χ2v) is 5.14. The van der Waals surface area contributed by atoms with Gasteiger partial charge in [-0.05, 0) is 26.0 Å². The van der Waals surface area contributed by atoms with Gasteiger partial charge in [0.15, 0.2) is 0 Å². The van der Waals surface area contributed by atoms with Crippen molar-refractivity contribution < 1.29 is 4.74 Å². The molecule has 0 saturated heterocycles. The summed E-state index contributed by atoms with van der Waals surface area (Å²) in [7, 11) is 0. The van der Waals surface area contributed by atoms with Crippen LogP contribution < -0.4 is 10.1 Å². The minimum atomic E-state index is -0.232. The summed E-state index contributed by atoms with van der Waals surface area (Å²) in [5, 5.41) is 10.4. The highest BCUT2D eigenvalue weighted by Crippen LogP contribution is 2.42. The van der Waals surface area contributed by atoms with Gasteiger partial charge in [0, 0.05) is 24.0 Å². The second kappa shape index (κ2) is 4.14. The molecule has 1 aliphatic heterocycles. The highest BCUT2D eigenvalue weighted by atomic mass is 16.5. The highest BCUT2D eigenvalue weighted by molar-refractivity contribution is 5.42. The minimum Gasteiger partial charge on any atom is -0.486 e. The van der Waals surface area contributed by atoms with E-state index in [1.165, 1.54) is 5.56 Å². The van der Waals surface area contributed by atoms with Gasteiger partial charge in [-0.1, -0.05) is 18.2 Å². The molecule has 18 heavy (non-hydrogen) atoms. The summed E-state index contributed by atoms with van der Waals surface area (Å²) in [5.74, 6) is 0.976. The van der Waals surface area contributed by atoms with Gasteiger partial charge in [-0.25, -0.2) is 0 Å². The molecule has 0 spiro atoms. The Morgan fingerprint density at radius 2 is 2.17 bits per heavy atom. The van der Waals surface area contributed by atoms with Crippen LogP contribution in [0.25, 0.3) is 0 Å². The zero-order valence-corrected chi connectivity index (χ0v) is 10.6. The van der Waals surface area contributed by atoms with Crippen molar-refractivity contribution in [2.24, 2.45) is 0 Å². The second-order valence-electron chi connectivity index (χ2n) is 5.14. The molecule has 2 N–H and O–H groups in total. The lowest BCUT2D eigenvalue weighted by molar-refractivity contribution is 0.0956. The van der Waals surface area contributed by atoms with Gasteiger partial charge in [-0.15, -0.1) is 0 Å². The third-order valence-electron chi connectivity index (χ3n) is 3.35. The molecule has 0 aliphatic carbocycles. The number of nitrogens with one attached hydrogen (secondary N) is 2. The van der Waals surface area contributed by atoms with Crippen LogP contribution in [0.1, 0.15) is 31.1 Å². The number of nitrogens with zero attached hydrogens (tertiary/aromatic N) is 1. The van der Waals surface area contributed by atoms with E-state index in [1.54, 1.807) is 6.20 Å². The van der Waals surface area contributed by atoms with Crippen molar-refractivity contribution in [1.82, 2.24) is 15.5 Å². The van der Waals surface area contributed by atoms with Crippen molar-refractivity contribution in [2.45, 2.75) is 32.0 Å². The summed E-state index contributed by atoms with van der Waals surface area (Å²) < 4.78 is 5.99. The maximum absolute atomic E-state index is 5.99. The number of aromatic amines is 1. The number of fused-ring (bicyclic) bond motifs is 1. The number of hydrogen-bond donors (Lipinski definition) is 2. The van der Waals surface area contributed by atoms with Gasteiger partial charge in [0.2, 0.25) is 0 Å². The zero-order valence-electron chi connectivity index (χ0n) is 10.6. The predicted octanol–water partition coefficient (Wildman–Crippen LogP) is 2.41. The molecule has 0 amide bonds. The monoisotopic (exact) mass is 243 g/mol. The van der Waals surface area contributed by atoms with Crippen LogP contribution in [-0.2, 0) is 6.54 Å². The molecule has 0 bridgehead atoms. The van der Waals surface area contributed by atoms with E-state index in [0.717, 1.165) is 18.0 Å². The third-order valence-corrected chi connectivity index (χ3v) is 3.35. The van der Waals surface area contributed by atoms with Crippen molar-refractivity contribution in [1.29, 1.82) is 0 Å². The molecule has 4 heteroatoms. The molecule has 94 valence electrons. The Bertz CT molecular complexity index is 534. The summed E-state index contributed by atoms with van der Waals surface area (Å²) in [4.78, 5) is 0. The number of benzene rings is 1. The van der Waals surface area contributed by atoms with Crippen LogP contribution in [0.15, 0.2) is 36.5 Å². The number of rotatable bonds is 3. The minimum absolute atomic E-state index is 0.192. The SMILES string of the molecule is CC1(C)Oc2ccccc2C1NCc1ccn[nH]1. The van der Waals surface area contributed by atoms with Crippen LogP contribution in [-0.4, -0.2) is 15.8 Å². The lowest BCUT2D eigenvalue weighted by Gasteiger charge is -2.27. The van der Waals surface area contributed by atoms with Crippen molar-refractivity contribution in [3.63, 3.8) is 0 Å². The quantitative estimate of drug-likeness (QED) is 0.870. The summed E-state index contributed by atoms with van der Waals surface area (Å²) in [6.07, 6.45) is 1.77. The first kappa shape index (κ1) is 11.3. The molecule has 1 aromatic carbocycles. The first-order valence-corrected chi connectivity index (χ1v) is 6.16. The van der Waals surface area contributed by atoms with Crippen LogP contribution >= 0.6 is 0 Å². The van der Waals surface area contributed by atoms with Crippen LogP contribution in [0.4, 0.5) is 0 Å². The zero-order chi connectivity index (χ0) is 12.6. The maximum atomic E-state index is 5.99. The third kappa shape index (κ3) is 1.88. The van der Waals surface area contributed by atoms with Crippen LogP contribution in [0.2, 0.25) is 0 Å². The lowest BCUT2D eigenvalue weighted by atomic mass is 9.94. The Hall–Kier alpha value is -1.81. The molecular formula is C14H17N3O.